The van der Waals surface area contributed by atoms with E-state index >= 15 is 0 Å². The molecule has 1 N–H and O–H groups in total. The molecular formula is C36H43ClN4O7S. The van der Waals surface area contributed by atoms with Crippen LogP contribution in [0.2, 0.25) is 0 Å². The van der Waals surface area contributed by atoms with Gasteiger partial charge in [0, 0.05) is 43.7 Å². The van der Waals surface area contributed by atoms with Crippen molar-refractivity contribution in [3.05, 3.63) is 81.9 Å². The molecule has 0 aliphatic carbocycles. The summed E-state index contributed by atoms with van der Waals surface area (Å²) in [5, 5.41) is 19.2. The predicted molar refractivity (Wildman–Crippen MR) is 186 cm³/mol. The second kappa shape index (κ2) is 14.3. The molecular weight excluding hydrogens is 668 g/mol. The van der Waals surface area contributed by atoms with Gasteiger partial charge in [0.05, 0.1) is 24.6 Å². The van der Waals surface area contributed by atoms with E-state index in [0.717, 1.165) is 58.1 Å². The number of carbonyl (C=O) groups excluding carboxylic acids is 1. The fourth-order valence-corrected chi connectivity index (χ4v) is 8.96. The summed E-state index contributed by atoms with van der Waals surface area (Å²) in [5.41, 5.74) is 6.55. The van der Waals surface area contributed by atoms with E-state index in [4.69, 9.17) is 25.3 Å². The first-order chi connectivity index (χ1) is 23.4. The Morgan fingerprint density at radius 3 is 2.61 bits per heavy atom. The Kier molecular flexibility index (Phi) is 10.2. The Hall–Kier alpha value is -3.71. The third kappa shape index (κ3) is 7.15. The van der Waals surface area contributed by atoms with Crippen LogP contribution in [0.3, 0.4) is 0 Å². The highest BCUT2D eigenvalue weighted by molar-refractivity contribution is 7.84. The van der Waals surface area contributed by atoms with Gasteiger partial charge in [0.2, 0.25) is 0 Å². The maximum absolute atomic E-state index is 13.3. The summed E-state index contributed by atoms with van der Waals surface area (Å²) < 4.78 is 46.4. The second-order valence-corrected chi connectivity index (χ2v) is 15.0. The van der Waals surface area contributed by atoms with E-state index in [1.54, 1.807) is 6.92 Å². The van der Waals surface area contributed by atoms with Crippen LogP contribution in [0.15, 0.2) is 48.5 Å². The molecule has 6 rings (SSSR count). The smallest absolute Gasteiger partial charge is 0.386 e. The Labute approximate surface area is 292 Å². The zero-order valence-electron chi connectivity index (χ0n) is 28.3. The molecule has 2 aliphatic rings. The lowest BCUT2D eigenvalue weighted by molar-refractivity contribution is -0.143. The number of esters is 1. The highest BCUT2D eigenvalue weighted by atomic mass is 35.5. The van der Waals surface area contributed by atoms with Gasteiger partial charge < -0.3 is 18.8 Å². The number of rotatable bonds is 11. The Morgan fingerprint density at radius 2 is 1.88 bits per heavy atom. The molecule has 49 heavy (non-hydrogen) atoms. The highest BCUT2D eigenvalue weighted by Gasteiger charge is 2.37. The summed E-state index contributed by atoms with van der Waals surface area (Å²) in [7, 11) is -4.13. The Bertz CT molecular complexity index is 1950. The largest absolute Gasteiger partial charge is 0.508 e. The first kappa shape index (κ1) is 35.1. The molecule has 3 aromatic carbocycles. The fourth-order valence-electron chi connectivity index (χ4n) is 7.27. The van der Waals surface area contributed by atoms with E-state index in [1.165, 1.54) is 22.5 Å². The van der Waals surface area contributed by atoms with Crippen molar-refractivity contribution in [2.75, 3.05) is 25.7 Å². The molecule has 1 fully saturated rings. The van der Waals surface area contributed by atoms with Gasteiger partial charge >= 0.3 is 16.3 Å². The average Bonchev–Trinajstić information content (AvgIpc) is 3.47. The van der Waals surface area contributed by atoms with Crippen molar-refractivity contribution in [2.45, 2.75) is 78.4 Å². The molecule has 1 unspecified atom stereocenters. The predicted octanol–water partition coefficient (Wildman–Crippen LogP) is 6.46. The summed E-state index contributed by atoms with van der Waals surface area (Å²) in [6, 6.07) is 13.7. The van der Waals surface area contributed by atoms with Crippen LogP contribution in [0, 0.1) is 19.3 Å². The van der Waals surface area contributed by atoms with E-state index in [2.05, 4.69) is 10.3 Å². The highest BCUT2D eigenvalue weighted by Crippen LogP contribution is 2.41. The minimum atomic E-state index is -4.13. The lowest BCUT2D eigenvalue weighted by Gasteiger charge is -2.36. The standard InChI is InChI=1S/C36H43ClN4O7S/c1-5-47-34(43)20-31(29-9-10-32-35(24(29)3)38-39-40(32)22-36(12-15-37)13-16-46-17-14-36)26-7-6-23(2)30(19-26)25(4)41-21-27-18-28(42)8-11-33(27)48-49(41,44)45/h6-11,18-19,25,31,42H,5,12-17,20-22H2,1-4H3/t25-,31?/m1/s1. The third-order valence-corrected chi connectivity index (χ3v) is 11.7. The molecule has 11 nitrogen and oxygen atoms in total. The molecule has 1 aromatic heterocycles. The van der Waals surface area contributed by atoms with Crippen molar-refractivity contribution in [1.82, 2.24) is 19.3 Å². The van der Waals surface area contributed by atoms with Crippen molar-refractivity contribution >= 4 is 38.9 Å². The van der Waals surface area contributed by atoms with E-state index in [-0.39, 0.29) is 42.5 Å². The molecule has 2 atom stereocenters. The van der Waals surface area contributed by atoms with Crippen LogP contribution in [0.5, 0.6) is 11.5 Å². The van der Waals surface area contributed by atoms with Gasteiger partial charge in [-0.3, -0.25) is 4.79 Å². The number of aromatic nitrogens is 3. The number of nitrogens with zero attached hydrogens (tertiary/aromatic N) is 4. The van der Waals surface area contributed by atoms with E-state index in [1.807, 2.05) is 55.8 Å². The van der Waals surface area contributed by atoms with Crippen LogP contribution in [-0.2, 0) is 37.7 Å². The quantitative estimate of drug-likeness (QED) is 0.137. The average molecular weight is 711 g/mol. The van der Waals surface area contributed by atoms with Gasteiger partial charge in [0.1, 0.15) is 17.0 Å². The summed E-state index contributed by atoms with van der Waals surface area (Å²) in [4.78, 5) is 13.1. The van der Waals surface area contributed by atoms with Crippen LogP contribution in [-0.4, -0.2) is 64.5 Å². The lowest BCUT2D eigenvalue weighted by Crippen LogP contribution is -2.39. The van der Waals surface area contributed by atoms with E-state index in [0.29, 0.717) is 31.2 Å². The molecule has 1 saturated heterocycles. The van der Waals surface area contributed by atoms with Gasteiger partial charge in [0.25, 0.3) is 0 Å². The number of hydrogen-bond acceptors (Lipinski definition) is 9. The van der Waals surface area contributed by atoms with E-state index in [9.17, 15) is 18.3 Å². The molecule has 2 aliphatic heterocycles. The number of benzene rings is 3. The first-order valence-electron chi connectivity index (χ1n) is 16.7. The molecule has 0 amide bonds. The number of aromatic hydroxyl groups is 1. The topological polar surface area (TPSA) is 133 Å². The molecule has 0 radical (unpaired) electrons. The number of aryl methyl sites for hydroxylation is 2. The number of phenolic OH excluding ortho intramolecular Hbond substituents is 1. The third-order valence-electron chi connectivity index (χ3n) is 10.1. The zero-order valence-corrected chi connectivity index (χ0v) is 29.9. The van der Waals surface area contributed by atoms with E-state index < -0.39 is 22.3 Å². The monoisotopic (exact) mass is 710 g/mol. The minimum absolute atomic E-state index is 0.00994. The maximum Gasteiger partial charge on any atom is 0.386 e. The number of halogens is 1. The van der Waals surface area contributed by atoms with Crippen LogP contribution in [0.1, 0.15) is 84.9 Å². The van der Waals surface area contributed by atoms with Gasteiger partial charge in [-0.25, -0.2) is 4.68 Å². The number of hydrogen-bond donors (Lipinski definition) is 1. The molecule has 262 valence electrons. The number of fused-ring (bicyclic) bond motifs is 2. The SMILES string of the molecule is CCOC(=O)CC(c1ccc(C)c([C@@H](C)N2Cc3cc(O)ccc3OS2(=O)=O)c1)c1ccc2c(nnn2CC2(CCCl)CCOCC2)c1C. The normalized spacial score (nSPS) is 18.4. The van der Waals surface area contributed by atoms with Crippen LogP contribution in [0.25, 0.3) is 11.0 Å². The summed E-state index contributed by atoms with van der Waals surface area (Å²) in [5.74, 6) is 0.0590. The van der Waals surface area contributed by atoms with Gasteiger partial charge in [-0.1, -0.05) is 29.5 Å². The van der Waals surface area contributed by atoms with Crippen molar-refractivity contribution < 1.29 is 32.0 Å². The number of alkyl halides is 1. The van der Waals surface area contributed by atoms with Gasteiger partial charge in [0.15, 0.2) is 0 Å². The zero-order chi connectivity index (χ0) is 34.9. The van der Waals surface area contributed by atoms with Crippen LogP contribution < -0.4 is 4.18 Å². The summed E-state index contributed by atoms with van der Waals surface area (Å²) in [6.45, 7) is 9.91. The number of carbonyl (C=O) groups is 1. The van der Waals surface area contributed by atoms with Crippen LogP contribution in [0.4, 0.5) is 0 Å². The molecule has 3 heterocycles. The first-order valence-corrected chi connectivity index (χ1v) is 18.6. The second-order valence-electron chi connectivity index (χ2n) is 13.2. The Morgan fingerprint density at radius 1 is 1.10 bits per heavy atom. The van der Waals surface area contributed by atoms with Crippen LogP contribution >= 0.6 is 11.6 Å². The summed E-state index contributed by atoms with van der Waals surface area (Å²) in [6.07, 6.45) is 2.77. The molecule has 0 bridgehead atoms. The Balaban J connectivity index is 1.37. The van der Waals surface area contributed by atoms with Crippen molar-refractivity contribution in [3.8, 4) is 11.5 Å². The summed E-state index contributed by atoms with van der Waals surface area (Å²) >= 11 is 6.24. The molecule has 0 saturated carbocycles. The van der Waals surface area contributed by atoms with Gasteiger partial charge in [-0.15, -0.1) is 16.7 Å². The number of phenols is 1. The fraction of sp³-hybridized carbons (Fsp3) is 0.472. The molecule has 4 aromatic rings. The molecule has 13 heteroatoms. The number of ether oxygens (including phenoxy) is 2. The minimum Gasteiger partial charge on any atom is -0.508 e. The van der Waals surface area contributed by atoms with Crippen molar-refractivity contribution in [1.29, 1.82) is 0 Å². The van der Waals surface area contributed by atoms with Crippen molar-refractivity contribution in [3.63, 3.8) is 0 Å². The van der Waals surface area contributed by atoms with Gasteiger partial charge in [-0.05, 0) is 104 Å². The molecule has 0 spiro atoms. The van der Waals surface area contributed by atoms with Crippen molar-refractivity contribution in [2.24, 2.45) is 5.41 Å². The maximum atomic E-state index is 13.3. The van der Waals surface area contributed by atoms with Gasteiger partial charge in [-0.2, -0.15) is 12.7 Å². The lowest BCUT2D eigenvalue weighted by atomic mass is 9.77.